The number of para-hydroxylation sites is 1. The molecule has 0 fully saturated rings. The first kappa shape index (κ1) is 16.8. The van der Waals surface area contributed by atoms with Crippen molar-refractivity contribution in [3.05, 3.63) is 65.9 Å². The van der Waals surface area contributed by atoms with Crippen molar-refractivity contribution in [2.45, 2.75) is 13.5 Å². The Morgan fingerprint density at radius 3 is 2.64 bits per heavy atom. The molecule has 3 aromatic rings. The van der Waals surface area contributed by atoms with Gasteiger partial charge in [0.05, 0.1) is 7.11 Å². The summed E-state index contributed by atoms with van der Waals surface area (Å²) in [6.45, 7) is 2.32. The highest BCUT2D eigenvalue weighted by molar-refractivity contribution is 5.85. The van der Waals surface area contributed by atoms with E-state index in [1.807, 2.05) is 61.5 Å². The Labute approximate surface area is 146 Å². The van der Waals surface area contributed by atoms with Crippen LogP contribution in [0.3, 0.4) is 0 Å². The van der Waals surface area contributed by atoms with Gasteiger partial charge in [0.1, 0.15) is 17.0 Å². The van der Waals surface area contributed by atoms with Gasteiger partial charge in [-0.25, -0.2) is 4.98 Å². The molecule has 1 N–H and O–H groups in total. The van der Waals surface area contributed by atoms with E-state index < -0.39 is 0 Å². The first-order chi connectivity index (χ1) is 12.2. The molecule has 0 aliphatic carbocycles. The summed E-state index contributed by atoms with van der Waals surface area (Å²) in [5.41, 5.74) is 2.68. The van der Waals surface area contributed by atoms with Crippen LogP contribution in [0.5, 0.6) is 11.5 Å². The van der Waals surface area contributed by atoms with Crippen LogP contribution in [0, 0.1) is 6.92 Å². The van der Waals surface area contributed by atoms with Gasteiger partial charge >= 0.3 is 0 Å². The third kappa shape index (κ3) is 4.26. The molecule has 5 heteroatoms. The van der Waals surface area contributed by atoms with E-state index in [4.69, 9.17) is 9.47 Å². The van der Waals surface area contributed by atoms with Gasteiger partial charge in [-0.3, -0.25) is 4.79 Å². The molecule has 25 heavy (non-hydrogen) atoms. The maximum Gasteiger partial charge on any atom is 0.258 e. The van der Waals surface area contributed by atoms with Gasteiger partial charge in [0, 0.05) is 17.6 Å². The zero-order valence-electron chi connectivity index (χ0n) is 14.3. The zero-order chi connectivity index (χ0) is 17.6. The lowest BCUT2D eigenvalue weighted by Gasteiger charge is -2.10. The van der Waals surface area contributed by atoms with Crippen molar-refractivity contribution in [2.75, 3.05) is 13.7 Å². The van der Waals surface area contributed by atoms with Crippen LogP contribution in [0.1, 0.15) is 11.3 Å². The fraction of sp³-hybridized carbons (Fsp3) is 0.200. The van der Waals surface area contributed by atoms with E-state index >= 15 is 0 Å². The molecule has 0 bridgehead atoms. The van der Waals surface area contributed by atoms with E-state index in [2.05, 4.69) is 10.3 Å². The van der Waals surface area contributed by atoms with Crippen LogP contribution >= 0.6 is 0 Å². The molecule has 0 saturated heterocycles. The van der Waals surface area contributed by atoms with Crippen molar-refractivity contribution in [3.8, 4) is 11.5 Å². The number of fused-ring (bicyclic) bond motifs is 1. The normalized spacial score (nSPS) is 10.5. The van der Waals surface area contributed by atoms with Crippen molar-refractivity contribution in [1.29, 1.82) is 0 Å². The van der Waals surface area contributed by atoms with Crippen molar-refractivity contribution in [1.82, 2.24) is 10.3 Å². The topological polar surface area (TPSA) is 60.5 Å². The summed E-state index contributed by atoms with van der Waals surface area (Å²) in [6.07, 6.45) is 0. The Balaban J connectivity index is 1.58. The lowest BCUT2D eigenvalue weighted by atomic mass is 10.2. The summed E-state index contributed by atoms with van der Waals surface area (Å²) < 4.78 is 10.8. The molecule has 0 spiro atoms. The van der Waals surface area contributed by atoms with E-state index in [0.717, 1.165) is 27.9 Å². The van der Waals surface area contributed by atoms with E-state index in [1.54, 1.807) is 7.11 Å². The maximum atomic E-state index is 12.0. The van der Waals surface area contributed by atoms with Gasteiger partial charge in [0.2, 0.25) is 0 Å². The van der Waals surface area contributed by atoms with Gasteiger partial charge in [-0.1, -0.05) is 30.3 Å². The van der Waals surface area contributed by atoms with E-state index in [1.165, 1.54) is 0 Å². The van der Waals surface area contributed by atoms with Gasteiger partial charge in [0.25, 0.3) is 5.91 Å². The molecule has 1 aromatic heterocycles. The number of carbonyl (C=O) groups excluding carboxylic acids is 1. The molecule has 1 amide bonds. The summed E-state index contributed by atoms with van der Waals surface area (Å²) in [7, 11) is 1.62. The molecule has 0 saturated carbocycles. The van der Waals surface area contributed by atoms with Gasteiger partial charge in [-0.05, 0) is 36.8 Å². The number of benzene rings is 2. The maximum absolute atomic E-state index is 12.0. The number of methoxy groups -OCH3 is 1. The molecular weight excluding hydrogens is 316 g/mol. The fourth-order valence-corrected chi connectivity index (χ4v) is 2.47. The molecule has 0 aliphatic heterocycles. The van der Waals surface area contributed by atoms with Crippen molar-refractivity contribution < 1.29 is 14.3 Å². The second-order valence-corrected chi connectivity index (χ2v) is 5.69. The number of aryl methyl sites for hydroxylation is 1. The average Bonchev–Trinajstić information content (AvgIpc) is 2.65. The molecule has 0 unspecified atom stereocenters. The third-order valence-electron chi connectivity index (χ3n) is 3.83. The Morgan fingerprint density at radius 2 is 1.88 bits per heavy atom. The van der Waals surface area contributed by atoms with Crippen LogP contribution in [0.2, 0.25) is 0 Å². The minimum atomic E-state index is -0.180. The number of amides is 1. The van der Waals surface area contributed by atoms with E-state index in [0.29, 0.717) is 12.3 Å². The summed E-state index contributed by atoms with van der Waals surface area (Å²) in [5, 5.41) is 3.83. The number of hydrogen-bond acceptors (Lipinski definition) is 4. The summed E-state index contributed by atoms with van der Waals surface area (Å²) in [6, 6.07) is 17.2. The molecule has 2 aromatic carbocycles. The molecule has 128 valence electrons. The lowest BCUT2D eigenvalue weighted by Crippen LogP contribution is -2.28. The fourth-order valence-electron chi connectivity index (χ4n) is 2.47. The predicted octanol–water partition coefficient (Wildman–Crippen LogP) is 3.25. The first-order valence-electron chi connectivity index (χ1n) is 8.04. The first-order valence-corrected chi connectivity index (χ1v) is 8.04. The number of carbonyl (C=O) groups is 1. The SMILES string of the molecule is COc1ccc(CNC(=O)COc2cccc3ccc(C)nc23)cc1. The number of nitrogens with one attached hydrogen (secondary N) is 1. The number of aromatic nitrogens is 1. The smallest absolute Gasteiger partial charge is 0.258 e. The van der Waals surface area contributed by atoms with Crippen molar-refractivity contribution in [3.63, 3.8) is 0 Å². The summed E-state index contributed by atoms with van der Waals surface area (Å²) >= 11 is 0. The molecule has 0 aliphatic rings. The molecular formula is C20H20N2O3. The monoisotopic (exact) mass is 336 g/mol. The van der Waals surface area contributed by atoms with Crippen LogP contribution in [-0.2, 0) is 11.3 Å². The average molecular weight is 336 g/mol. The van der Waals surface area contributed by atoms with E-state index in [-0.39, 0.29) is 12.5 Å². The van der Waals surface area contributed by atoms with Crippen LogP contribution in [0.4, 0.5) is 0 Å². The number of nitrogens with zero attached hydrogens (tertiary/aromatic N) is 1. The molecule has 0 radical (unpaired) electrons. The minimum Gasteiger partial charge on any atom is -0.497 e. The van der Waals surface area contributed by atoms with Crippen LogP contribution in [-0.4, -0.2) is 24.6 Å². The number of hydrogen-bond donors (Lipinski definition) is 1. The molecule has 5 nitrogen and oxygen atoms in total. The minimum absolute atomic E-state index is 0.0507. The predicted molar refractivity (Wildman–Crippen MR) is 96.8 cm³/mol. The second-order valence-electron chi connectivity index (χ2n) is 5.69. The largest absolute Gasteiger partial charge is 0.497 e. The van der Waals surface area contributed by atoms with Crippen molar-refractivity contribution >= 4 is 16.8 Å². The van der Waals surface area contributed by atoms with Gasteiger partial charge in [-0.15, -0.1) is 0 Å². The number of pyridine rings is 1. The highest BCUT2D eigenvalue weighted by Crippen LogP contribution is 2.23. The molecule has 3 rings (SSSR count). The van der Waals surface area contributed by atoms with Crippen LogP contribution in [0.25, 0.3) is 10.9 Å². The molecule has 1 heterocycles. The summed E-state index contributed by atoms with van der Waals surface area (Å²) in [4.78, 5) is 16.5. The van der Waals surface area contributed by atoms with Gasteiger partial charge in [-0.2, -0.15) is 0 Å². The van der Waals surface area contributed by atoms with Crippen LogP contribution < -0.4 is 14.8 Å². The van der Waals surface area contributed by atoms with Gasteiger partial charge < -0.3 is 14.8 Å². The number of ether oxygens (including phenoxy) is 2. The third-order valence-corrected chi connectivity index (χ3v) is 3.83. The Bertz CT molecular complexity index is 876. The number of rotatable bonds is 6. The Morgan fingerprint density at radius 1 is 1.08 bits per heavy atom. The zero-order valence-corrected chi connectivity index (χ0v) is 14.3. The van der Waals surface area contributed by atoms with Gasteiger partial charge in [0.15, 0.2) is 6.61 Å². The standard InChI is InChI=1S/C20H20N2O3/c1-14-6-9-16-4-3-5-18(20(16)22-14)25-13-19(23)21-12-15-7-10-17(24-2)11-8-15/h3-11H,12-13H2,1-2H3,(H,21,23). The second kappa shape index (κ2) is 7.66. The van der Waals surface area contributed by atoms with Crippen LogP contribution in [0.15, 0.2) is 54.6 Å². The van der Waals surface area contributed by atoms with E-state index in [9.17, 15) is 4.79 Å². The Kier molecular flexibility index (Phi) is 5.14. The lowest BCUT2D eigenvalue weighted by molar-refractivity contribution is -0.123. The van der Waals surface area contributed by atoms with Crippen molar-refractivity contribution in [2.24, 2.45) is 0 Å². The quantitative estimate of drug-likeness (QED) is 0.751. The Hall–Kier alpha value is -3.08. The molecule has 0 atom stereocenters. The summed E-state index contributed by atoms with van der Waals surface area (Å²) in [5.74, 6) is 1.22. The highest BCUT2D eigenvalue weighted by atomic mass is 16.5. The highest BCUT2D eigenvalue weighted by Gasteiger charge is 2.07.